The molecule has 0 heterocycles. The molecule has 0 aliphatic heterocycles. The fraction of sp³-hybridized carbons (Fsp3) is 0.0909. The van der Waals surface area contributed by atoms with Gasteiger partial charge in [-0.15, -0.1) is 0 Å². The van der Waals surface area contributed by atoms with Gasteiger partial charge in [0.25, 0.3) is 5.91 Å². The van der Waals surface area contributed by atoms with E-state index in [0.717, 1.165) is 11.4 Å². The molecule has 0 aromatic heterocycles. The molecule has 5 nitrogen and oxygen atoms in total. The number of benzene rings is 3. The normalized spacial score (nSPS) is 10.2. The summed E-state index contributed by atoms with van der Waals surface area (Å²) in [7, 11) is 1.73. The number of nitrogens with one attached hydrogen (secondary N) is 2. The molecule has 0 aliphatic carbocycles. The molecule has 0 aliphatic rings. The smallest absolute Gasteiger partial charge is 0.258 e. The summed E-state index contributed by atoms with van der Waals surface area (Å²) in [5.41, 5.74) is 2.75. The first-order valence-electron chi connectivity index (χ1n) is 8.75. The third kappa shape index (κ3) is 5.11. The van der Waals surface area contributed by atoms with E-state index in [1.807, 2.05) is 42.5 Å². The van der Waals surface area contributed by atoms with Gasteiger partial charge in [-0.3, -0.25) is 9.59 Å². The molecule has 3 aromatic carbocycles. The fourth-order valence-corrected chi connectivity index (χ4v) is 2.83. The van der Waals surface area contributed by atoms with Gasteiger partial charge in [0.05, 0.1) is 6.54 Å². The molecule has 28 heavy (non-hydrogen) atoms. The summed E-state index contributed by atoms with van der Waals surface area (Å²) in [5.74, 6) is -0.313. The lowest BCUT2D eigenvalue weighted by atomic mass is 10.1. The highest BCUT2D eigenvalue weighted by molar-refractivity contribution is 6.30. The number of nitrogens with zero attached hydrogens (tertiary/aromatic N) is 1. The molecule has 2 amide bonds. The van der Waals surface area contributed by atoms with Crippen molar-refractivity contribution in [2.75, 3.05) is 29.1 Å². The number of hydrogen-bond acceptors (Lipinski definition) is 3. The lowest BCUT2D eigenvalue weighted by Crippen LogP contribution is -2.26. The summed E-state index contributed by atoms with van der Waals surface area (Å²) in [6, 6.07) is 23.4. The average molecular weight is 394 g/mol. The van der Waals surface area contributed by atoms with Crippen molar-refractivity contribution in [3.63, 3.8) is 0 Å². The summed E-state index contributed by atoms with van der Waals surface area (Å²) in [5, 5.41) is 6.41. The van der Waals surface area contributed by atoms with Crippen LogP contribution in [-0.4, -0.2) is 25.4 Å². The van der Waals surface area contributed by atoms with E-state index in [1.165, 1.54) is 0 Å². The molecule has 3 rings (SSSR count). The summed E-state index contributed by atoms with van der Waals surface area (Å²) < 4.78 is 0. The Hall–Kier alpha value is -3.31. The second-order valence-corrected chi connectivity index (χ2v) is 6.63. The summed E-state index contributed by atoms with van der Waals surface area (Å²) in [6.45, 7) is 0.109. The number of anilines is 3. The van der Waals surface area contributed by atoms with Crippen LogP contribution >= 0.6 is 11.6 Å². The van der Waals surface area contributed by atoms with E-state index in [2.05, 4.69) is 10.6 Å². The Labute approximate surface area is 168 Å². The Balaban J connectivity index is 1.56. The van der Waals surface area contributed by atoms with E-state index in [9.17, 15) is 9.59 Å². The minimum Gasteiger partial charge on any atom is -0.376 e. The molecular formula is C22H20ClN3O2. The van der Waals surface area contributed by atoms with Gasteiger partial charge in [-0.25, -0.2) is 0 Å². The highest BCUT2D eigenvalue weighted by Crippen LogP contribution is 2.17. The van der Waals surface area contributed by atoms with Crippen molar-refractivity contribution in [2.45, 2.75) is 0 Å². The van der Waals surface area contributed by atoms with Gasteiger partial charge in [0.1, 0.15) is 0 Å². The zero-order valence-electron chi connectivity index (χ0n) is 15.4. The highest BCUT2D eigenvalue weighted by atomic mass is 35.5. The molecule has 3 aromatic rings. The third-order valence-electron chi connectivity index (χ3n) is 4.14. The van der Waals surface area contributed by atoms with E-state index in [1.54, 1.807) is 48.3 Å². The van der Waals surface area contributed by atoms with E-state index >= 15 is 0 Å². The van der Waals surface area contributed by atoms with E-state index in [0.29, 0.717) is 16.3 Å². The van der Waals surface area contributed by atoms with Crippen molar-refractivity contribution < 1.29 is 9.59 Å². The van der Waals surface area contributed by atoms with Crippen LogP contribution in [0.5, 0.6) is 0 Å². The molecule has 0 radical (unpaired) electrons. The van der Waals surface area contributed by atoms with Gasteiger partial charge in [-0.1, -0.05) is 35.9 Å². The Morgan fingerprint density at radius 2 is 1.61 bits per heavy atom. The van der Waals surface area contributed by atoms with Crippen LogP contribution in [0.3, 0.4) is 0 Å². The fourth-order valence-electron chi connectivity index (χ4n) is 2.64. The number of rotatable bonds is 6. The monoisotopic (exact) mass is 393 g/mol. The van der Waals surface area contributed by atoms with Crippen LogP contribution in [0, 0.1) is 0 Å². The molecule has 0 saturated carbocycles. The van der Waals surface area contributed by atoms with Crippen molar-refractivity contribution in [2.24, 2.45) is 0 Å². The van der Waals surface area contributed by atoms with E-state index < -0.39 is 0 Å². The molecular weight excluding hydrogens is 374 g/mol. The molecule has 2 N–H and O–H groups in total. The maximum absolute atomic E-state index is 12.6. The van der Waals surface area contributed by atoms with Crippen molar-refractivity contribution >= 4 is 40.5 Å². The first-order chi connectivity index (χ1) is 13.5. The number of carbonyl (C=O) groups excluding carboxylic acids is 2. The van der Waals surface area contributed by atoms with Gasteiger partial charge in [0.15, 0.2) is 0 Å². The maximum atomic E-state index is 12.6. The molecule has 0 unspecified atom stereocenters. The second kappa shape index (κ2) is 9.06. The van der Waals surface area contributed by atoms with Crippen LogP contribution in [0.2, 0.25) is 5.02 Å². The van der Waals surface area contributed by atoms with Crippen LogP contribution in [0.15, 0.2) is 78.9 Å². The average Bonchev–Trinajstić information content (AvgIpc) is 2.72. The van der Waals surface area contributed by atoms with Crippen LogP contribution in [-0.2, 0) is 4.79 Å². The molecule has 0 bridgehead atoms. The van der Waals surface area contributed by atoms with Crippen molar-refractivity contribution in [3.8, 4) is 0 Å². The van der Waals surface area contributed by atoms with Crippen molar-refractivity contribution in [1.82, 2.24) is 0 Å². The Bertz CT molecular complexity index is 959. The number of hydrogen-bond donors (Lipinski definition) is 2. The van der Waals surface area contributed by atoms with Gasteiger partial charge in [-0.2, -0.15) is 0 Å². The third-order valence-corrected chi connectivity index (χ3v) is 4.38. The Morgan fingerprint density at radius 1 is 0.893 bits per heavy atom. The van der Waals surface area contributed by atoms with Crippen LogP contribution in [0.25, 0.3) is 0 Å². The number of halogens is 1. The van der Waals surface area contributed by atoms with Crippen LogP contribution in [0.1, 0.15) is 10.4 Å². The topological polar surface area (TPSA) is 61.4 Å². The van der Waals surface area contributed by atoms with Gasteiger partial charge in [-0.05, 0) is 54.6 Å². The number of carbonyl (C=O) groups is 2. The summed E-state index contributed by atoms with van der Waals surface area (Å²) >= 11 is 5.92. The van der Waals surface area contributed by atoms with Crippen LogP contribution < -0.4 is 15.5 Å². The maximum Gasteiger partial charge on any atom is 0.258 e. The Kier molecular flexibility index (Phi) is 6.29. The zero-order chi connectivity index (χ0) is 19.9. The summed E-state index contributed by atoms with van der Waals surface area (Å²) in [4.78, 5) is 26.3. The van der Waals surface area contributed by atoms with Gasteiger partial charge < -0.3 is 15.5 Å². The lowest BCUT2D eigenvalue weighted by Gasteiger charge is -2.17. The van der Waals surface area contributed by atoms with Gasteiger partial charge >= 0.3 is 0 Å². The second-order valence-electron chi connectivity index (χ2n) is 6.19. The predicted octanol–water partition coefficient (Wildman–Crippen LogP) is 4.67. The first kappa shape index (κ1) is 19.5. The van der Waals surface area contributed by atoms with Gasteiger partial charge in [0, 0.05) is 34.7 Å². The zero-order valence-corrected chi connectivity index (χ0v) is 16.1. The minimum atomic E-state index is -0.194. The molecule has 0 saturated heterocycles. The molecule has 0 atom stereocenters. The predicted molar refractivity (Wildman–Crippen MR) is 114 cm³/mol. The number of para-hydroxylation sites is 1. The van der Waals surface area contributed by atoms with E-state index in [4.69, 9.17) is 11.6 Å². The Morgan fingerprint density at radius 3 is 2.29 bits per heavy atom. The molecule has 142 valence electrons. The van der Waals surface area contributed by atoms with Crippen molar-refractivity contribution in [1.29, 1.82) is 0 Å². The number of amides is 2. The quantitative estimate of drug-likeness (QED) is 0.639. The first-order valence-corrected chi connectivity index (χ1v) is 9.13. The molecule has 0 fully saturated rings. The van der Waals surface area contributed by atoms with Crippen molar-refractivity contribution in [3.05, 3.63) is 89.4 Å². The molecule has 0 spiro atoms. The summed E-state index contributed by atoms with van der Waals surface area (Å²) in [6.07, 6.45) is 0. The minimum absolute atomic E-state index is 0.109. The van der Waals surface area contributed by atoms with Gasteiger partial charge in [0.2, 0.25) is 5.91 Å². The van der Waals surface area contributed by atoms with Crippen LogP contribution in [0.4, 0.5) is 17.1 Å². The van der Waals surface area contributed by atoms with E-state index in [-0.39, 0.29) is 18.4 Å². The lowest BCUT2D eigenvalue weighted by molar-refractivity contribution is -0.114. The highest BCUT2D eigenvalue weighted by Gasteiger charge is 2.13. The SMILES string of the molecule is CN(C(=O)c1ccc(NC(=O)CNc2cccc(Cl)c2)cc1)c1ccccc1. The molecule has 6 heteroatoms. The standard InChI is InChI=1S/C22H20ClN3O2/c1-26(20-8-3-2-4-9-20)22(28)16-10-12-18(13-11-16)25-21(27)15-24-19-7-5-6-17(23)14-19/h2-14,24H,15H2,1H3,(H,25,27). The largest absolute Gasteiger partial charge is 0.376 e.